The molecular weight excluding hydrogens is 463 g/mol. The summed E-state index contributed by atoms with van der Waals surface area (Å²) < 4.78 is 1.17. The molecule has 5 aromatic carbocycles. The molecule has 4 heteroatoms. The van der Waals surface area contributed by atoms with Gasteiger partial charge >= 0.3 is 0 Å². The highest BCUT2D eigenvalue weighted by molar-refractivity contribution is 7.28. The van der Waals surface area contributed by atoms with Gasteiger partial charge in [-0.3, -0.25) is 0 Å². The highest BCUT2D eigenvalue weighted by Gasteiger charge is 2.42. The molecule has 35 heavy (non-hydrogen) atoms. The van der Waals surface area contributed by atoms with E-state index in [0.717, 1.165) is 16.1 Å². The summed E-state index contributed by atoms with van der Waals surface area (Å²) in [6.45, 7) is 0. The maximum absolute atomic E-state index is 10.5. The van der Waals surface area contributed by atoms with Gasteiger partial charge in [0, 0.05) is 0 Å². The molecule has 0 aliphatic rings. The SMILES string of the molecule is Oc1ccccc1-c1nc2cccc([Si](c3ccccc3)(c3ccccc3)c3ccccc3)c2s1. The summed E-state index contributed by atoms with van der Waals surface area (Å²) in [5.74, 6) is 0.255. The first-order valence-electron chi connectivity index (χ1n) is 11.6. The van der Waals surface area contributed by atoms with Crippen molar-refractivity contribution in [2.45, 2.75) is 0 Å². The Balaban J connectivity index is 1.73. The van der Waals surface area contributed by atoms with Crippen LogP contribution in [0.5, 0.6) is 5.75 Å². The minimum Gasteiger partial charge on any atom is -0.507 e. The van der Waals surface area contributed by atoms with Crippen LogP contribution in [0.25, 0.3) is 20.8 Å². The van der Waals surface area contributed by atoms with Gasteiger partial charge in [-0.25, -0.2) is 4.98 Å². The molecule has 2 nitrogen and oxygen atoms in total. The van der Waals surface area contributed by atoms with E-state index in [1.807, 2.05) is 18.2 Å². The highest BCUT2D eigenvalue weighted by Crippen LogP contribution is 2.35. The van der Waals surface area contributed by atoms with Crippen molar-refractivity contribution in [1.29, 1.82) is 0 Å². The maximum Gasteiger partial charge on any atom is 0.181 e. The maximum atomic E-state index is 10.5. The summed E-state index contributed by atoms with van der Waals surface area (Å²) in [7, 11) is -2.66. The average molecular weight is 486 g/mol. The van der Waals surface area contributed by atoms with Crippen LogP contribution in [0, 0.1) is 0 Å². The van der Waals surface area contributed by atoms with Gasteiger partial charge in [-0.15, -0.1) is 11.3 Å². The van der Waals surface area contributed by atoms with E-state index in [9.17, 15) is 5.11 Å². The number of rotatable bonds is 5. The third kappa shape index (κ3) is 3.59. The highest BCUT2D eigenvalue weighted by atomic mass is 32.1. The minimum absolute atomic E-state index is 0.255. The van der Waals surface area contributed by atoms with Crippen LogP contribution < -0.4 is 20.7 Å². The number of aromatic nitrogens is 1. The zero-order chi connectivity index (χ0) is 23.7. The lowest BCUT2D eigenvalue weighted by molar-refractivity contribution is 0.477. The summed E-state index contributed by atoms with van der Waals surface area (Å²) >= 11 is 1.67. The van der Waals surface area contributed by atoms with Crippen LogP contribution in [-0.2, 0) is 0 Å². The van der Waals surface area contributed by atoms with E-state index in [0.29, 0.717) is 0 Å². The van der Waals surface area contributed by atoms with E-state index in [2.05, 4.69) is 109 Å². The third-order valence-corrected chi connectivity index (χ3v) is 12.7. The van der Waals surface area contributed by atoms with Crippen LogP contribution in [0.4, 0.5) is 0 Å². The molecule has 0 saturated carbocycles. The topological polar surface area (TPSA) is 33.1 Å². The summed E-state index contributed by atoms with van der Waals surface area (Å²) in [6, 6.07) is 46.7. The fraction of sp³-hybridized carbons (Fsp3) is 0. The van der Waals surface area contributed by atoms with Gasteiger partial charge in [0.15, 0.2) is 8.07 Å². The Labute approximate surface area is 209 Å². The van der Waals surface area contributed by atoms with Gasteiger partial charge in [-0.1, -0.05) is 115 Å². The second-order valence-corrected chi connectivity index (χ2v) is 13.3. The van der Waals surface area contributed by atoms with E-state index < -0.39 is 8.07 Å². The van der Waals surface area contributed by atoms with Crippen LogP contribution in [0.15, 0.2) is 133 Å². The van der Waals surface area contributed by atoms with E-state index in [1.165, 1.54) is 25.4 Å². The van der Waals surface area contributed by atoms with Crippen molar-refractivity contribution in [3.63, 3.8) is 0 Å². The van der Waals surface area contributed by atoms with Gasteiger partial charge in [0.25, 0.3) is 0 Å². The Kier molecular flexibility index (Phi) is 5.53. The molecule has 0 amide bonds. The predicted molar refractivity (Wildman–Crippen MR) is 150 cm³/mol. The van der Waals surface area contributed by atoms with E-state index >= 15 is 0 Å². The molecule has 0 radical (unpaired) electrons. The zero-order valence-electron chi connectivity index (χ0n) is 19.0. The Morgan fingerprint density at radius 2 is 1.06 bits per heavy atom. The molecular formula is C31H23NOSSi. The van der Waals surface area contributed by atoms with Gasteiger partial charge in [0.05, 0.1) is 15.8 Å². The molecule has 6 aromatic rings. The standard InChI is InChI=1S/C31H23NOSSi/c33-28-21-11-10-19-26(28)31-32-27-20-12-22-29(30(27)34-31)35(23-13-4-1-5-14-23,24-15-6-2-7-16-24)25-17-8-3-9-18-25/h1-22,33H. The minimum atomic E-state index is -2.66. The lowest BCUT2D eigenvalue weighted by atomic mass is 10.2. The summed E-state index contributed by atoms with van der Waals surface area (Å²) in [5.41, 5.74) is 1.73. The number of aromatic hydroxyl groups is 1. The van der Waals surface area contributed by atoms with Gasteiger partial charge in [0.2, 0.25) is 0 Å². The van der Waals surface area contributed by atoms with Crippen LogP contribution in [0.1, 0.15) is 0 Å². The fourth-order valence-electron chi connectivity index (χ4n) is 5.04. The quantitative estimate of drug-likeness (QED) is 0.274. The number of nitrogens with zero attached hydrogens (tertiary/aromatic N) is 1. The van der Waals surface area contributed by atoms with Gasteiger partial charge in [-0.05, 0) is 38.9 Å². The summed E-state index contributed by atoms with van der Waals surface area (Å²) in [6.07, 6.45) is 0. The number of thiazole rings is 1. The van der Waals surface area contributed by atoms with Crippen molar-refractivity contribution >= 4 is 50.4 Å². The smallest absolute Gasteiger partial charge is 0.181 e. The van der Waals surface area contributed by atoms with Crippen molar-refractivity contribution in [2.24, 2.45) is 0 Å². The van der Waals surface area contributed by atoms with Crippen molar-refractivity contribution in [3.8, 4) is 16.3 Å². The Hall–Kier alpha value is -3.99. The van der Waals surface area contributed by atoms with E-state index in [1.54, 1.807) is 17.4 Å². The normalized spacial score (nSPS) is 11.5. The summed E-state index contributed by atoms with van der Waals surface area (Å²) in [5, 5.41) is 16.7. The fourth-order valence-corrected chi connectivity index (χ4v) is 11.5. The van der Waals surface area contributed by atoms with Gasteiger partial charge in [-0.2, -0.15) is 0 Å². The molecule has 0 bridgehead atoms. The molecule has 0 aliphatic carbocycles. The summed E-state index contributed by atoms with van der Waals surface area (Å²) in [4.78, 5) is 4.98. The molecule has 0 atom stereocenters. The first-order valence-corrected chi connectivity index (χ1v) is 14.4. The molecule has 0 spiro atoms. The molecule has 1 aromatic heterocycles. The first kappa shape index (κ1) is 21.5. The van der Waals surface area contributed by atoms with E-state index in [4.69, 9.17) is 4.98 Å². The molecule has 0 unspecified atom stereocenters. The number of phenolic OH excluding ortho intramolecular Hbond substituents is 1. The lowest BCUT2D eigenvalue weighted by Gasteiger charge is -2.34. The number of fused-ring (bicyclic) bond motifs is 1. The first-order chi connectivity index (χ1) is 17.3. The number of benzene rings is 5. The van der Waals surface area contributed by atoms with Gasteiger partial charge in [0.1, 0.15) is 10.8 Å². The van der Waals surface area contributed by atoms with Gasteiger partial charge < -0.3 is 5.11 Å². The van der Waals surface area contributed by atoms with Crippen molar-refractivity contribution in [3.05, 3.63) is 133 Å². The Morgan fingerprint density at radius 1 is 0.543 bits per heavy atom. The van der Waals surface area contributed by atoms with Crippen LogP contribution >= 0.6 is 11.3 Å². The number of hydrogen-bond donors (Lipinski definition) is 1. The second-order valence-electron chi connectivity index (χ2n) is 8.54. The number of phenols is 1. The third-order valence-electron chi connectivity index (χ3n) is 6.57. The number of hydrogen-bond acceptors (Lipinski definition) is 3. The molecule has 0 aliphatic heterocycles. The molecule has 0 fully saturated rings. The molecule has 1 N–H and O–H groups in total. The van der Waals surface area contributed by atoms with Crippen LogP contribution in [-0.4, -0.2) is 18.2 Å². The molecule has 168 valence electrons. The van der Waals surface area contributed by atoms with Crippen molar-refractivity contribution in [1.82, 2.24) is 4.98 Å². The number of para-hydroxylation sites is 1. The molecule has 0 saturated heterocycles. The second kappa shape index (κ2) is 8.99. The zero-order valence-corrected chi connectivity index (χ0v) is 20.8. The molecule has 1 heterocycles. The molecule has 6 rings (SSSR count). The Bertz CT molecular complexity index is 1500. The van der Waals surface area contributed by atoms with Crippen molar-refractivity contribution < 1.29 is 5.11 Å². The van der Waals surface area contributed by atoms with Crippen LogP contribution in [0.3, 0.4) is 0 Å². The van der Waals surface area contributed by atoms with Crippen LogP contribution in [0.2, 0.25) is 0 Å². The monoisotopic (exact) mass is 485 g/mol. The van der Waals surface area contributed by atoms with Crippen molar-refractivity contribution in [2.75, 3.05) is 0 Å². The largest absolute Gasteiger partial charge is 0.507 e. The van der Waals surface area contributed by atoms with E-state index in [-0.39, 0.29) is 5.75 Å². The predicted octanol–water partition coefficient (Wildman–Crippen LogP) is 5.05. The Morgan fingerprint density at radius 3 is 1.60 bits per heavy atom. The average Bonchev–Trinajstić information content (AvgIpc) is 3.36. The lowest BCUT2D eigenvalue weighted by Crippen LogP contribution is -2.74.